The molecule has 0 spiro atoms. The van der Waals surface area contributed by atoms with Gasteiger partial charge < -0.3 is 14.2 Å². The number of hydrogen-bond donors (Lipinski definition) is 0. The summed E-state index contributed by atoms with van der Waals surface area (Å²) >= 11 is 0. The summed E-state index contributed by atoms with van der Waals surface area (Å²) in [6.45, 7) is 6.56. The topological polar surface area (TPSA) is 78.9 Å². The third-order valence-corrected chi connectivity index (χ3v) is 13.2. The van der Waals surface area contributed by atoms with Gasteiger partial charge in [0.25, 0.3) is 0 Å². The molecule has 0 aliphatic carbocycles. The number of esters is 3. The van der Waals surface area contributed by atoms with Gasteiger partial charge in [-0.3, -0.25) is 14.4 Å². The van der Waals surface area contributed by atoms with Crippen LogP contribution in [0.2, 0.25) is 0 Å². The van der Waals surface area contributed by atoms with E-state index in [1.165, 1.54) is 180 Å². The molecule has 0 aliphatic heterocycles. The smallest absolute Gasteiger partial charge is 0.306 e. The molecule has 0 aliphatic rings. The van der Waals surface area contributed by atoms with Crippen LogP contribution in [0.15, 0.2) is 36.5 Å². The van der Waals surface area contributed by atoms with Crippen LogP contribution in [-0.2, 0) is 28.6 Å². The average molecular weight is 942 g/mol. The number of carbonyl (C=O) groups is 3. The van der Waals surface area contributed by atoms with Gasteiger partial charge in [0.05, 0.1) is 0 Å². The minimum atomic E-state index is -0.777. The van der Waals surface area contributed by atoms with Gasteiger partial charge in [-0.15, -0.1) is 0 Å². The highest BCUT2D eigenvalue weighted by Crippen LogP contribution is 2.17. The predicted octanol–water partition coefficient (Wildman–Crippen LogP) is 19.7. The van der Waals surface area contributed by atoms with Crippen molar-refractivity contribution in [1.29, 1.82) is 0 Å². The molecular formula is C61H112O6. The standard InChI is InChI=1S/C61H112O6/c1-4-7-10-13-16-19-22-25-28-29-30-31-32-34-36-39-42-45-48-51-54-60(63)66-57-58(56-65-59(62)53-50-47-44-41-38-35-27-24-21-18-15-12-9-6-3)67-61(64)55-52-49-46-43-40-37-33-26-23-20-17-14-11-8-5-2/h8,11,17,20,26,33,58H,4-7,9-10,12-16,18-19,21-25,27-32,34-57H2,1-3H3/b11-8-,20-17-,33-26-. The van der Waals surface area contributed by atoms with Gasteiger partial charge in [0.2, 0.25) is 0 Å². The number of unbranched alkanes of at least 4 members (excludes halogenated alkanes) is 37. The van der Waals surface area contributed by atoms with Gasteiger partial charge in [0.15, 0.2) is 6.10 Å². The molecule has 0 saturated heterocycles. The van der Waals surface area contributed by atoms with E-state index >= 15 is 0 Å². The summed E-state index contributed by atoms with van der Waals surface area (Å²) in [6, 6.07) is 0. The molecule has 0 amide bonds. The zero-order valence-corrected chi connectivity index (χ0v) is 44.9. The van der Waals surface area contributed by atoms with E-state index in [1.54, 1.807) is 0 Å². The average Bonchev–Trinajstić information content (AvgIpc) is 3.33. The Kier molecular flexibility index (Phi) is 54.2. The van der Waals surface area contributed by atoms with Crippen LogP contribution in [0.1, 0.15) is 316 Å². The maximum absolute atomic E-state index is 12.8. The molecule has 6 nitrogen and oxygen atoms in total. The largest absolute Gasteiger partial charge is 0.462 e. The fourth-order valence-electron chi connectivity index (χ4n) is 8.75. The van der Waals surface area contributed by atoms with Crippen molar-refractivity contribution in [2.45, 2.75) is 322 Å². The van der Waals surface area contributed by atoms with Crippen molar-refractivity contribution in [1.82, 2.24) is 0 Å². The third-order valence-electron chi connectivity index (χ3n) is 13.2. The maximum Gasteiger partial charge on any atom is 0.306 e. The fraction of sp³-hybridized carbons (Fsp3) is 0.852. The molecule has 67 heavy (non-hydrogen) atoms. The summed E-state index contributed by atoms with van der Waals surface area (Å²) in [5.74, 6) is -0.871. The Morgan fingerprint density at radius 3 is 0.910 bits per heavy atom. The lowest BCUT2D eigenvalue weighted by Gasteiger charge is -2.18. The second kappa shape index (κ2) is 56.2. The van der Waals surface area contributed by atoms with E-state index < -0.39 is 6.10 Å². The van der Waals surface area contributed by atoms with Gasteiger partial charge in [-0.25, -0.2) is 0 Å². The Labute approximate surface area is 416 Å². The first-order valence-electron chi connectivity index (χ1n) is 29.5. The normalized spacial score (nSPS) is 12.2. The number of rotatable bonds is 54. The first-order valence-corrected chi connectivity index (χ1v) is 29.5. The molecule has 0 N–H and O–H groups in total. The van der Waals surface area contributed by atoms with E-state index in [0.29, 0.717) is 19.3 Å². The Bertz CT molecular complexity index is 1130. The van der Waals surface area contributed by atoms with Gasteiger partial charge >= 0.3 is 17.9 Å². The highest BCUT2D eigenvalue weighted by Gasteiger charge is 2.19. The molecule has 392 valence electrons. The maximum atomic E-state index is 12.8. The molecular weight excluding hydrogens is 829 g/mol. The van der Waals surface area contributed by atoms with Crippen LogP contribution >= 0.6 is 0 Å². The van der Waals surface area contributed by atoms with Gasteiger partial charge in [0.1, 0.15) is 13.2 Å². The minimum Gasteiger partial charge on any atom is -0.462 e. The molecule has 0 aromatic heterocycles. The Hall–Kier alpha value is -2.37. The summed E-state index contributed by atoms with van der Waals surface area (Å²) < 4.78 is 16.9. The summed E-state index contributed by atoms with van der Waals surface area (Å²) in [7, 11) is 0. The van der Waals surface area contributed by atoms with Gasteiger partial charge in [-0.05, 0) is 51.4 Å². The van der Waals surface area contributed by atoms with Crippen LogP contribution < -0.4 is 0 Å². The minimum absolute atomic E-state index is 0.0743. The Morgan fingerprint density at radius 2 is 0.582 bits per heavy atom. The number of ether oxygens (including phenoxy) is 3. The quantitative estimate of drug-likeness (QED) is 0.0262. The summed E-state index contributed by atoms with van der Waals surface area (Å²) in [5.41, 5.74) is 0. The van der Waals surface area contributed by atoms with Crippen molar-refractivity contribution in [3.63, 3.8) is 0 Å². The monoisotopic (exact) mass is 941 g/mol. The molecule has 0 aromatic rings. The van der Waals surface area contributed by atoms with Gasteiger partial charge in [-0.2, -0.15) is 0 Å². The van der Waals surface area contributed by atoms with E-state index in [4.69, 9.17) is 14.2 Å². The van der Waals surface area contributed by atoms with E-state index in [9.17, 15) is 14.4 Å². The molecule has 1 unspecified atom stereocenters. The van der Waals surface area contributed by atoms with E-state index in [1.807, 2.05) is 0 Å². The molecule has 0 rings (SSSR count). The van der Waals surface area contributed by atoms with Crippen molar-refractivity contribution in [2.24, 2.45) is 0 Å². The lowest BCUT2D eigenvalue weighted by Crippen LogP contribution is -2.30. The van der Waals surface area contributed by atoms with Gasteiger partial charge in [0, 0.05) is 19.3 Å². The van der Waals surface area contributed by atoms with Crippen LogP contribution in [0.5, 0.6) is 0 Å². The molecule has 0 bridgehead atoms. The first-order chi connectivity index (χ1) is 33.0. The zero-order valence-electron chi connectivity index (χ0n) is 44.9. The predicted molar refractivity (Wildman–Crippen MR) is 289 cm³/mol. The number of hydrogen-bond acceptors (Lipinski definition) is 6. The molecule has 0 heterocycles. The lowest BCUT2D eigenvalue weighted by atomic mass is 10.0. The summed E-state index contributed by atoms with van der Waals surface area (Å²) in [6.07, 6.45) is 67.1. The number of carbonyl (C=O) groups excluding carboxylic acids is 3. The highest BCUT2D eigenvalue weighted by molar-refractivity contribution is 5.71. The zero-order chi connectivity index (χ0) is 48.6. The lowest BCUT2D eigenvalue weighted by molar-refractivity contribution is -0.167. The van der Waals surface area contributed by atoms with E-state index in [-0.39, 0.29) is 31.1 Å². The van der Waals surface area contributed by atoms with Gasteiger partial charge in [-0.1, -0.05) is 282 Å². The van der Waals surface area contributed by atoms with Crippen molar-refractivity contribution in [3.8, 4) is 0 Å². The highest BCUT2D eigenvalue weighted by atomic mass is 16.6. The van der Waals surface area contributed by atoms with Crippen LogP contribution in [0.4, 0.5) is 0 Å². The molecule has 1 atom stereocenters. The first kappa shape index (κ1) is 64.6. The second-order valence-electron chi connectivity index (χ2n) is 19.9. The Morgan fingerprint density at radius 1 is 0.313 bits per heavy atom. The van der Waals surface area contributed by atoms with Crippen LogP contribution in [0, 0.1) is 0 Å². The van der Waals surface area contributed by atoms with Crippen LogP contribution in [-0.4, -0.2) is 37.2 Å². The second-order valence-corrected chi connectivity index (χ2v) is 19.9. The van der Waals surface area contributed by atoms with Crippen molar-refractivity contribution in [3.05, 3.63) is 36.5 Å². The molecule has 0 fully saturated rings. The van der Waals surface area contributed by atoms with E-state index in [2.05, 4.69) is 57.2 Å². The summed E-state index contributed by atoms with van der Waals surface area (Å²) in [4.78, 5) is 38.2. The summed E-state index contributed by atoms with van der Waals surface area (Å²) in [5, 5.41) is 0. The Balaban J connectivity index is 4.31. The van der Waals surface area contributed by atoms with E-state index in [0.717, 1.165) is 96.3 Å². The van der Waals surface area contributed by atoms with Crippen LogP contribution in [0.25, 0.3) is 0 Å². The van der Waals surface area contributed by atoms with Crippen molar-refractivity contribution in [2.75, 3.05) is 13.2 Å². The third kappa shape index (κ3) is 54.4. The number of allylic oxidation sites excluding steroid dienone is 6. The molecule has 0 aromatic carbocycles. The van der Waals surface area contributed by atoms with Crippen molar-refractivity contribution < 1.29 is 28.6 Å². The van der Waals surface area contributed by atoms with Crippen LogP contribution in [0.3, 0.4) is 0 Å². The molecule has 0 radical (unpaired) electrons. The fourth-order valence-corrected chi connectivity index (χ4v) is 8.75. The SMILES string of the molecule is CC/C=C\C/C=C\C/C=C\CCCCCCCC(=O)OC(COC(=O)CCCCCCCCCCCCCCCC)COC(=O)CCCCCCCCCCCCCCCCCCCCCC. The van der Waals surface area contributed by atoms with Crippen molar-refractivity contribution >= 4 is 17.9 Å². The molecule has 0 saturated carbocycles. The molecule has 6 heteroatoms.